The van der Waals surface area contributed by atoms with E-state index >= 15 is 0 Å². The van der Waals surface area contributed by atoms with Crippen molar-refractivity contribution >= 4 is 22.8 Å². The minimum absolute atomic E-state index is 0.799. The molecule has 1 unspecified atom stereocenters. The molecule has 0 N–H and O–H groups in total. The van der Waals surface area contributed by atoms with Gasteiger partial charge in [0.25, 0.3) is 0 Å². The SMILES string of the molecule is C[Si]([O])([SiH3])c1ccccc1. The van der Waals surface area contributed by atoms with Crippen molar-refractivity contribution in [2.75, 3.05) is 0 Å². The van der Waals surface area contributed by atoms with Gasteiger partial charge in [0.1, 0.15) is 0 Å². The lowest BCUT2D eigenvalue weighted by Gasteiger charge is -2.10. The first-order valence-corrected chi connectivity index (χ1v) is 9.27. The fraction of sp³-hybridized carbons (Fsp3) is 0.143. The molecule has 1 aromatic carbocycles. The predicted molar refractivity (Wildman–Crippen MR) is 48.3 cm³/mol. The third kappa shape index (κ3) is 1.80. The summed E-state index contributed by atoms with van der Waals surface area (Å²) < 4.78 is 0. The molecule has 0 heterocycles. The molecule has 0 fully saturated rings. The van der Waals surface area contributed by atoms with Crippen LogP contribution in [0.25, 0.3) is 0 Å². The van der Waals surface area contributed by atoms with E-state index in [1.165, 1.54) is 0 Å². The van der Waals surface area contributed by atoms with Crippen LogP contribution in [0.2, 0.25) is 6.55 Å². The highest BCUT2D eigenvalue weighted by Gasteiger charge is 2.21. The molecule has 10 heavy (non-hydrogen) atoms. The summed E-state index contributed by atoms with van der Waals surface area (Å²) in [5, 5.41) is 1.04. The molecule has 0 aromatic heterocycles. The van der Waals surface area contributed by atoms with Crippen LogP contribution in [-0.2, 0) is 4.80 Å². The predicted octanol–water partition coefficient (Wildman–Crippen LogP) is -0.239. The first kappa shape index (κ1) is 7.72. The molecular weight excluding hydrogens is 156 g/mol. The third-order valence-corrected chi connectivity index (χ3v) is 4.92. The molecule has 0 aliphatic heterocycles. The first-order chi connectivity index (χ1) is 4.61. The number of hydrogen-bond donors (Lipinski definition) is 0. The van der Waals surface area contributed by atoms with Gasteiger partial charge in [-0.25, -0.2) is 0 Å². The average Bonchev–Trinajstić information content (AvgIpc) is 1.88. The molecule has 1 aromatic rings. The normalized spacial score (nSPS) is 16.6. The van der Waals surface area contributed by atoms with Crippen LogP contribution in [0.15, 0.2) is 30.3 Å². The zero-order chi connectivity index (χ0) is 7.61. The van der Waals surface area contributed by atoms with Crippen LogP contribution in [0.4, 0.5) is 0 Å². The summed E-state index contributed by atoms with van der Waals surface area (Å²) in [6, 6.07) is 9.73. The fourth-order valence-corrected chi connectivity index (χ4v) is 2.83. The summed E-state index contributed by atoms with van der Waals surface area (Å²) in [5.41, 5.74) is 0. The maximum atomic E-state index is 11.5. The van der Waals surface area contributed by atoms with Crippen LogP contribution >= 0.6 is 0 Å². The van der Waals surface area contributed by atoms with Crippen LogP contribution in [0, 0.1) is 0 Å². The molecular formula is C7H11OSi2. The fourth-order valence-electron chi connectivity index (χ4n) is 0.840. The highest BCUT2D eigenvalue weighted by Crippen LogP contribution is 1.93. The molecule has 1 rings (SSSR count). The topological polar surface area (TPSA) is 19.9 Å². The van der Waals surface area contributed by atoms with E-state index in [-0.39, 0.29) is 0 Å². The lowest BCUT2D eigenvalue weighted by atomic mass is 10.4. The summed E-state index contributed by atoms with van der Waals surface area (Å²) in [5.74, 6) is 0. The molecule has 1 nitrogen and oxygen atoms in total. The Bertz CT molecular complexity index is 203. The van der Waals surface area contributed by atoms with Crippen LogP contribution < -0.4 is 5.19 Å². The summed E-state index contributed by atoms with van der Waals surface area (Å²) >= 11 is 0. The van der Waals surface area contributed by atoms with Gasteiger partial charge in [-0.05, 0) is 11.7 Å². The Kier molecular flexibility index (Phi) is 2.08. The minimum Gasteiger partial charge on any atom is -0.297 e. The van der Waals surface area contributed by atoms with Crippen molar-refractivity contribution in [1.29, 1.82) is 0 Å². The number of hydrogen-bond acceptors (Lipinski definition) is 0. The van der Waals surface area contributed by atoms with Crippen molar-refractivity contribution in [2.45, 2.75) is 6.55 Å². The maximum absolute atomic E-state index is 11.5. The minimum atomic E-state index is -2.14. The van der Waals surface area contributed by atoms with E-state index in [9.17, 15) is 4.80 Å². The van der Waals surface area contributed by atoms with E-state index in [2.05, 4.69) is 0 Å². The van der Waals surface area contributed by atoms with E-state index in [1.807, 2.05) is 36.9 Å². The standard InChI is InChI=1S/C7H11OSi2/c1-10(8,9)7-5-3-2-4-6-7/h2-6H,1,9H3. The monoisotopic (exact) mass is 167 g/mol. The second-order valence-electron chi connectivity index (χ2n) is 2.88. The van der Waals surface area contributed by atoms with Gasteiger partial charge in [-0.1, -0.05) is 30.3 Å². The second kappa shape index (κ2) is 2.69. The Balaban J connectivity index is 2.97. The highest BCUT2D eigenvalue weighted by atomic mass is 29.2. The smallest absolute Gasteiger partial charge is 0.239 e. The number of rotatable bonds is 1. The molecule has 53 valence electrons. The summed E-state index contributed by atoms with van der Waals surface area (Å²) in [6.45, 7) is 1.87. The van der Waals surface area contributed by atoms with Crippen molar-refractivity contribution in [3.05, 3.63) is 30.3 Å². The molecule has 0 amide bonds. The Morgan fingerprint density at radius 3 is 2.10 bits per heavy atom. The molecule has 0 bridgehead atoms. The summed E-state index contributed by atoms with van der Waals surface area (Å²) in [4.78, 5) is 11.5. The van der Waals surface area contributed by atoms with Crippen LogP contribution in [-0.4, -0.2) is 17.6 Å². The zero-order valence-corrected chi connectivity index (χ0v) is 9.29. The van der Waals surface area contributed by atoms with E-state index in [4.69, 9.17) is 0 Å². The largest absolute Gasteiger partial charge is 0.297 e. The molecule has 1 atom stereocenters. The lowest BCUT2D eigenvalue weighted by Crippen LogP contribution is -2.44. The Hall–Kier alpha value is -0.386. The van der Waals surface area contributed by atoms with E-state index in [0.29, 0.717) is 0 Å². The van der Waals surface area contributed by atoms with Crippen LogP contribution in [0.5, 0.6) is 0 Å². The average molecular weight is 167 g/mol. The molecule has 0 saturated heterocycles. The van der Waals surface area contributed by atoms with Crippen molar-refractivity contribution in [1.82, 2.24) is 0 Å². The molecule has 0 spiro atoms. The van der Waals surface area contributed by atoms with Gasteiger partial charge in [-0.3, -0.25) is 4.80 Å². The Morgan fingerprint density at radius 2 is 1.80 bits per heavy atom. The number of benzene rings is 1. The lowest BCUT2D eigenvalue weighted by molar-refractivity contribution is 0.456. The molecule has 0 aliphatic rings. The van der Waals surface area contributed by atoms with E-state index in [0.717, 1.165) is 14.9 Å². The van der Waals surface area contributed by atoms with E-state index < -0.39 is 7.83 Å². The Labute approximate surface area is 65.1 Å². The van der Waals surface area contributed by atoms with Gasteiger partial charge >= 0.3 is 0 Å². The Morgan fingerprint density at radius 1 is 1.30 bits per heavy atom. The van der Waals surface area contributed by atoms with Crippen LogP contribution in [0.3, 0.4) is 0 Å². The van der Waals surface area contributed by atoms with Gasteiger partial charge in [0.2, 0.25) is 7.83 Å². The van der Waals surface area contributed by atoms with Gasteiger partial charge in [0, 0.05) is 9.76 Å². The van der Waals surface area contributed by atoms with Gasteiger partial charge in [0.05, 0.1) is 0 Å². The molecule has 0 aliphatic carbocycles. The molecule has 1 radical (unpaired) electrons. The van der Waals surface area contributed by atoms with Crippen molar-refractivity contribution < 1.29 is 4.80 Å². The summed E-state index contributed by atoms with van der Waals surface area (Å²) in [6.07, 6.45) is 0. The van der Waals surface area contributed by atoms with Crippen molar-refractivity contribution in [3.63, 3.8) is 0 Å². The van der Waals surface area contributed by atoms with Gasteiger partial charge in [-0.2, -0.15) is 0 Å². The first-order valence-electron chi connectivity index (χ1n) is 3.36. The van der Waals surface area contributed by atoms with Crippen molar-refractivity contribution in [2.24, 2.45) is 0 Å². The zero-order valence-electron chi connectivity index (χ0n) is 6.29. The summed E-state index contributed by atoms with van der Waals surface area (Å²) in [7, 11) is -1.35. The van der Waals surface area contributed by atoms with Crippen molar-refractivity contribution in [3.8, 4) is 0 Å². The van der Waals surface area contributed by atoms with Gasteiger partial charge in [-0.15, -0.1) is 0 Å². The van der Waals surface area contributed by atoms with Gasteiger partial charge in [0.15, 0.2) is 0 Å². The molecule has 0 saturated carbocycles. The second-order valence-corrected chi connectivity index (χ2v) is 12.2. The third-order valence-electron chi connectivity index (χ3n) is 1.47. The maximum Gasteiger partial charge on any atom is 0.239 e. The quantitative estimate of drug-likeness (QED) is 0.515. The van der Waals surface area contributed by atoms with Gasteiger partial charge < -0.3 is 0 Å². The van der Waals surface area contributed by atoms with Crippen LogP contribution in [0.1, 0.15) is 0 Å². The molecule has 3 heteroatoms. The highest BCUT2D eigenvalue weighted by molar-refractivity contribution is 7.19. The van der Waals surface area contributed by atoms with E-state index in [1.54, 1.807) is 0 Å².